The van der Waals surface area contributed by atoms with Gasteiger partial charge in [0, 0.05) is 5.92 Å². The topological polar surface area (TPSA) is 77.5 Å². The average molecular weight is 408 g/mol. The molecule has 1 heterocycles. The largest absolute Gasteiger partial charge is 0.549 e. The van der Waals surface area contributed by atoms with E-state index in [1.807, 2.05) is 54.6 Å². The summed E-state index contributed by atoms with van der Waals surface area (Å²) in [7, 11) is 0. The molecule has 1 aliphatic heterocycles. The molecule has 1 fully saturated rings. The van der Waals surface area contributed by atoms with Gasteiger partial charge in [0.05, 0.1) is 29.8 Å². The Hall–Kier alpha value is -3.73. The van der Waals surface area contributed by atoms with E-state index in [-0.39, 0.29) is 18.4 Å². The number of hydrogen-bond donors (Lipinski definition) is 0. The molecule has 0 unspecified atom stereocenters. The van der Waals surface area contributed by atoms with Crippen molar-refractivity contribution < 1.29 is 19.5 Å². The highest BCUT2D eigenvalue weighted by atomic mass is 16.4. The third kappa shape index (κ3) is 2.08. The van der Waals surface area contributed by atoms with Crippen LogP contribution in [0.15, 0.2) is 78.9 Å². The van der Waals surface area contributed by atoms with E-state index in [0.717, 1.165) is 16.7 Å². The van der Waals surface area contributed by atoms with E-state index in [1.54, 1.807) is 24.3 Å². The van der Waals surface area contributed by atoms with Crippen molar-refractivity contribution in [2.24, 2.45) is 11.8 Å². The van der Waals surface area contributed by atoms with Gasteiger partial charge in [0.1, 0.15) is 0 Å². The van der Waals surface area contributed by atoms with E-state index in [4.69, 9.17) is 0 Å². The summed E-state index contributed by atoms with van der Waals surface area (Å²) < 4.78 is 0. The van der Waals surface area contributed by atoms with E-state index in [1.165, 1.54) is 4.90 Å². The van der Waals surface area contributed by atoms with Crippen molar-refractivity contribution in [1.29, 1.82) is 0 Å². The molecular weight excluding hydrogens is 390 g/mol. The molecule has 2 bridgehead atoms. The van der Waals surface area contributed by atoms with E-state index in [2.05, 4.69) is 0 Å². The zero-order valence-corrected chi connectivity index (χ0v) is 16.5. The summed E-state index contributed by atoms with van der Waals surface area (Å²) in [6, 6.07) is 23.8. The van der Waals surface area contributed by atoms with Gasteiger partial charge in [0.2, 0.25) is 11.8 Å². The maximum Gasteiger partial charge on any atom is 0.235 e. The Labute approximate surface area is 178 Å². The Balaban J connectivity index is 1.61. The van der Waals surface area contributed by atoms with Gasteiger partial charge in [-0.05, 0) is 27.8 Å². The van der Waals surface area contributed by atoms with Gasteiger partial charge in [0.15, 0.2) is 0 Å². The van der Waals surface area contributed by atoms with Crippen molar-refractivity contribution in [2.75, 3.05) is 0 Å². The quantitative estimate of drug-likeness (QED) is 0.621. The number of carboxylic acids is 1. The molecule has 31 heavy (non-hydrogen) atoms. The summed E-state index contributed by atoms with van der Waals surface area (Å²) in [5.41, 5.74) is 1.90. The van der Waals surface area contributed by atoms with Crippen LogP contribution in [0.4, 0.5) is 0 Å². The van der Waals surface area contributed by atoms with Crippen LogP contribution >= 0.6 is 0 Å². The minimum absolute atomic E-state index is 0.133. The van der Waals surface area contributed by atoms with Gasteiger partial charge in [-0.3, -0.25) is 14.5 Å². The molecule has 3 aromatic rings. The number of carbonyl (C=O) groups is 3. The lowest BCUT2D eigenvalue weighted by Gasteiger charge is -2.54. The number of carboxylic acid groups (broad SMARTS) is 1. The zero-order valence-electron chi connectivity index (χ0n) is 16.5. The number of amides is 2. The molecule has 0 radical (unpaired) electrons. The van der Waals surface area contributed by atoms with Gasteiger partial charge in [-0.15, -0.1) is 0 Å². The van der Waals surface area contributed by atoms with Crippen LogP contribution < -0.4 is 5.11 Å². The van der Waals surface area contributed by atoms with Crippen LogP contribution in [0.5, 0.6) is 0 Å². The summed E-state index contributed by atoms with van der Waals surface area (Å²) in [5, 5.41) is 12.9. The molecule has 2 atom stereocenters. The Bertz CT molecular complexity index is 1220. The maximum atomic E-state index is 13.7. The third-order valence-electron chi connectivity index (χ3n) is 7.21. The number of carbonyl (C=O) groups excluding carboxylic acids is 3. The van der Waals surface area contributed by atoms with Gasteiger partial charge in [-0.2, -0.15) is 0 Å². The third-order valence-corrected chi connectivity index (χ3v) is 7.21. The van der Waals surface area contributed by atoms with Crippen molar-refractivity contribution in [3.8, 4) is 0 Å². The number of nitrogens with zero attached hydrogens (tertiary/aromatic N) is 1. The number of likely N-dealkylation sites (tertiary alicyclic amines) is 1. The Morgan fingerprint density at radius 1 is 0.806 bits per heavy atom. The molecule has 2 amide bonds. The fourth-order valence-corrected chi connectivity index (χ4v) is 6.10. The lowest BCUT2D eigenvalue weighted by molar-refractivity contribution is -0.314. The highest BCUT2D eigenvalue weighted by Gasteiger charge is 2.68. The van der Waals surface area contributed by atoms with Gasteiger partial charge in [-0.25, -0.2) is 0 Å². The second-order valence-corrected chi connectivity index (χ2v) is 8.50. The van der Waals surface area contributed by atoms with E-state index in [0.29, 0.717) is 11.1 Å². The lowest BCUT2D eigenvalue weighted by atomic mass is 9.47. The summed E-state index contributed by atoms with van der Waals surface area (Å²) in [4.78, 5) is 41.5. The number of hydrogen-bond acceptors (Lipinski definition) is 4. The first kappa shape index (κ1) is 18.1. The maximum absolute atomic E-state index is 13.7. The molecule has 4 aliphatic rings. The molecule has 5 heteroatoms. The molecule has 0 saturated carbocycles. The molecule has 0 N–H and O–H groups in total. The van der Waals surface area contributed by atoms with Crippen LogP contribution in [-0.2, 0) is 26.3 Å². The molecule has 1 saturated heterocycles. The lowest BCUT2D eigenvalue weighted by Crippen LogP contribution is -2.61. The van der Waals surface area contributed by atoms with Gasteiger partial charge in [0.25, 0.3) is 0 Å². The van der Waals surface area contributed by atoms with Crippen LogP contribution in [0, 0.1) is 11.8 Å². The molecule has 0 aromatic heterocycles. The van der Waals surface area contributed by atoms with E-state index < -0.39 is 29.1 Å². The van der Waals surface area contributed by atoms with Gasteiger partial charge in [-0.1, -0.05) is 78.9 Å². The molecule has 0 spiro atoms. The predicted molar refractivity (Wildman–Crippen MR) is 109 cm³/mol. The number of aliphatic carboxylic acids is 1. The normalized spacial score (nSPS) is 27.6. The highest BCUT2D eigenvalue weighted by Crippen LogP contribution is 2.63. The Morgan fingerprint density at radius 3 is 1.94 bits per heavy atom. The van der Waals surface area contributed by atoms with Crippen LogP contribution in [0.2, 0.25) is 0 Å². The Kier molecular flexibility index (Phi) is 3.58. The molecular formula is C26H18NO4-. The van der Waals surface area contributed by atoms with Crippen molar-refractivity contribution in [3.63, 3.8) is 0 Å². The number of imide groups is 1. The molecule has 7 rings (SSSR count). The van der Waals surface area contributed by atoms with Crippen LogP contribution in [-0.4, -0.2) is 22.7 Å². The van der Waals surface area contributed by atoms with Crippen LogP contribution in [0.3, 0.4) is 0 Å². The van der Waals surface area contributed by atoms with E-state index >= 15 is 0 Å². The van der Waals surface area contributed by atoms with Crippen molar-refractivity contribution in [3.05, 3.63) is 107 Å². The van der Waals surface area contributed by atoms with Gasteiger partial charge < -0.3 is 9.90 Å². The van der Waals surface area contributed by atoms with Crippen LogP contribution in [0.1, 0.15) is 33.7 Å². The summed E-state index contributed by atoms with van der Waals surface area (Å²) in [6.45, 7) is 0.133. The predicted octanol–water partition coefficient (Wildman–Crippen LogP) is 1.98. The van der Waals surface area contributed by atoms with Crippen molar-refractivity contribution in [1.82, 2.24) is 4.90 Å². The SMILES string of the molecule is O=C1[C@H]2C3c4ccccc4C(C(=O)[O-])(c4ccccc43)[C@H]2C(=O)N1Cc1ccccc1. The Morgan fingerprint density at radius 2 is 1.35 bits per heavy atom. The summed E-state index contributed by atoms with van der Waals surface area (Å²) >= 11 is 0. The second kappa shape index (κ2) is 6.14. The van der Waals surface area contributed by atoms with Crippen LogP contribution in [0.25, 0.3) is 0 Å². The first-order valence-corrected chi connectivity index (χ1v) is 10.4. The molecule has 3 aromatic carbocycles. The zero-order chi connectivity index (χ0) is 21.3. The minimum atomic E-state index is -1.68. The number of benzene rings is 3. The molecule has 152 valence electrons. The van der Waals surface area contributed by atoms with Gasteiger partial charge >= 0.3 is 0 Å². The van der Waals surface area contributed by atoms with Crippen molar-refractivity contribution in [2.45, 2.75) is 17.9 Å². The highest BCUT2D eigenvalue weighted by molar-refractivity contribution is 6.11. The molecule has 3 aliphatic carbocycles. The first-order chi connectivity index (χ1) is 15.1. The minimum Gasteiger partial charge on any atom is -0.549 e. The second-order valence-electron chi connectivity index (χ2n) is 8.50. The standard InChI is InChI=1S/C26H19NO4/c28-23-21-20-16-10-4-6-12-18(16)26(25(30)31,19-13-7-5-11-17(19)20)22(21)24(29)27(23)14-15-8-2-1-3-9-15/h1-13,20-22H,14H2,(H,30,31)/p-1/t20?,21-,22+,26?/m0/s1. The fraction of sp³-hybridized carbons (Fsp3) is 0.192. The first-order valence-electron chi connectivity index (χ1n) is 10.4. The fourth-order valence-electron chi connectivity index (χ4n) is 6.10. The number of rotatable bonds is 3. The monoisotopic (exact) mass is 408 g/mol. The van der Waals surface area contributed by atoms with E-state index in [9.17, 15) is 19.5 Å². The van der Waals surface area contributed by atoms with Crippen molar-refractivity contribution >= 4 is 17.8 Å². The smallest absolute Gasteiger partial charge is 0.235 e. The summed E-state index contributed by atoms with van der Waals surface area (Å²) in [6.07, 6.45) is 0. The molecule has 5 nitrogen and oxygen atoms in total. The average Bonchev–Trinajstić information content (AvgIpc) is 3.05. The summed E-state index contributed by atoms with van der Waals surface area (Å²) in [5.74, 6) is -4.18.